The molecule has 2 aromatic carbocycles. The third-order valence-electron chi connectivity index (χ3n) is 3.82. The highest BCUT2D eigenvalue weighted by Gasteiger charge is 2.20. The second kappa shape index (κ2) is 7.32. The Hall–Kier alpha value is -3.26. The van der Waals surface area contributed by atoms with Crippen LogP contribution in [0.2, 0.25) is 5.02 Å². The molecule has 0 spiro atoms. The van der Waals surface area contributed by atoms with Crippen LogP contribution in [0.4, 0.5) is 5.69 Å². The summed E-state index contributed by atoms with van der Waals surface area (Å²) in [5.41, 5.74) is 1.05. The lowest BCUT2D eigenvalue weighted by molar-refractivity contribution is -0.384. The Labute approximate surface area is 153 Å². The van der Waals surface area contributed by atoms with Crippen LogP contribution in [0.5, 0.6) is 0 Å². The van der Waals surface area contributed by atoms with Crippen LogP contribution in [0, 0.1) is 10.1 Å². The van der Waals surface area contributed by atoms with Crippen molar-refractivity contribution in [1.82, 2.24) is 20.1 Å². The lowest BCUT2D eigenvalue weighted by Gasteiger charge is -2.14. The Kier molecular flexibility index (Phi) is 4.94. The van der Waals surface area contributed by atoms with E-state index in [-0.39, 0.29) is 23.0 Å². The number of amides is 1. The topological polar surface area (TPSA) is 103 Å². The average Bonchev–Trinajstić information content (AvgIpc) is 3.16. The van der Waals surface area contributed by atoms with E-state index >= 15 is 0 Å². The van der Waals surface area contributed by atoms with Crippen molar-refractivity contribution in [3.8, 4) is 5.69 Å². The van der Waals surface area contributed by atoms with Crippen LogP contribution in [0.25, 0.3) is 5.69 Å². The maximum absolute atomic E-state index is 12.5. The fourth-order valence-corrected chi connectivity index (χ4v) is 2.58. The summed E-state index contributed by atoms with van der Waals surface area (Å²) in [6, 6.07) is 11.0. The van der Waals surface area contributed by atoms with Gasteiger partial charge in [-0.3, -0.25) is 14.9 Å². The SMILES string of the molecule is CC(NC(=O)c1ccc(-n2cncn2)c([N+](=O)[O-])c1)c1ccc(Cl)cc1. The minimum atomic E-state index is -0.559. The van der Waals surface area contributed by atoms with E-state index in [1.54, 1.807) is 12.1 Å². The van der Waals surface area contributed by atoms with Crippen molar-refractivity contribution in [3.05, 3.63) is 81.4 Å². The van der Waals surface area contributed by atoms with E-state index in [9.17, 15) is 14.9 Å². The van der Waals surface area contributed by atoms with Crippen LogP contribution in [-0.4, -0.2) is 25.6 Å². The molecule has 0 saturated heterocycles. The summed E-state index contributed by atoms with van der Waals surface area (Å²) in [5.74, 6) is -0.416. The van der Waals surface area contributed by atoms with Gasteiger partial charge in [0.25, 0.3) is 11.6 Å². The highest BCUT2D eigenvalue weighted by molar-refractivity contribution is 6.30. The van der Waals surface area contributed by atoms with E-state index in [1.165, 1.54) is 35.5 Å². The van der Waals surface area contributed by atoms with Gasteiger partial charge in [0.2, 0.25) is 0 Å². The molecule has 3 aromatic rings. The Balaban J connectivity index is 1.84. The number of hydrogen-bond acceptors (Lipinski definition) is 5. The van der Waals surface area contributed by atoms with Gasteiger partial charge in [0.1, 0.15) is 18.3 Å². The predicted molar refractivity (Wildman–Crippen MR) is 95.3 cm³/mol. The van der Waals surface area contributed by atoms with Crippen molar-refractivity contribution in [2.24, 2.45) is 0 Å². The van der Waals surface area contributed by atoms with Gasteiger partial charge >= 0.3 is 0 Å². The molecule has 0 radical (unpaired) electrons. The normalized spacial score (nSPS) is 11.8. The molecule has 26 heavy (non-hydrogen) atoms. The standard InChI is InChI=1S/C17H14ClN5O3/c1-11(12-2-5-14(18)6-3-12)21-17(24)13-4-7-15(16(8-13)23(25)26)22-10-19-9-20-22/h2-11H,1H3,(H,21,24). The Morgan fingerprint density at radius 2 is 2.00 bits per heavy atom. The first-order valence-electron chi connectivity index (χ1n) is 7.65. The van der Waals surface area contributed by atoms with Crippen molar-refractivity contribution >= 4 is 23.2 Å². The van der Waals surface area contributed by atoms with Crippen LogP contribution in [-0.2, 0) is 0 Å². The molecule has 1 N–H and O–H groups in total. The van der Waals surface area contributed by atoms with Crippen LogP contribution < -0.4 is 5.32 Å². The molecule has 1 heterocycles. The minimum Gasteiger partial charge on any atom is -0.346 e. The van der Waals surface area contributed by atoms with Crippen molar-refractivity contribution < 1.29 is 9.72 Å². The van der Waals surface area contributed by atoms with Crippen LogP contribution in [0.3, 0.4) is 0 Å². The third-order valence-corrected chi connectivity index (χ3v) is 4.07. The number of carbonyl (C=O) groups excluding carboxylic acids is 1. The molecule has 0 aliphatic carbocycles. The summed E-state index contributed by atoms with van der Waals surface area (Å²) >= 11 is 5.86. The van der Waals surface area contributed by atoms with Gasteiger partial charge in [0, 0.05) is 16.7 Å². The van der Waals surface area contributed by atoms with Crippen LogP contribution in [0.15, 0.2) is 55.1 Å². The number of hydrogen-bond donors (Lipinski definition) is 1. The Morgan fingerprint density at radius 3 is 2.62 bits per heavy atom. The lowest BCUT2D eigenvalue weighted by Crippen LogP contribution is -2.26. The van der Waals surface area contributed by atoms with Crippen LogP contribution >= 0.6 is 11.6 Å². The number of rotatable bonds is 5. The van der Waals surface area contributed by atoms with E-state index in [0.717, 1.165) is 5.56 Å². The summed E-state index contributed by atoms with van der Waals surface area (Å²) in [7, 11) is 0. The maximum Gasteiger partial charge on any atom is 0.295 e. The van der Waals surface area contributed by atoms with Crippen molar-refractivity contribution in [3.63, 3.8) is 0 Å². The van der Waals surface area contributed by atoms with E-state index in [2.05, 4.69) is 15.4 Å². The zero-order valence-corrected chi connectivity index (χ0v) is 14.4. The number of benzene rings is 2. The van der Waals surface area contributed by atoms with Gasteiger partial charge in [-0.2, -0.15) is 5.10 Å². The number of carbonyl (C=O) groups is 1. The van der Waals surface area contributed by atoms with Crippen LogP contribution in [0.1, 0.15) is 28.9 Å². The molecular formula is C17H14ClN5O3. The van der Waals surface area contributed by atoms with Gasteiger partial charge in [0.15, 0.2) is 0 Å². The highest BCUT2D eigenvalue weighted by Crippen LogP contribution is 2.24. The maximum atomic E-state index is 12.5. The van der Waals surface area contributed by atoms with Gasteiger partial charge in [-0.05, 0) is 36.8 Å². The first kappa shape index (κ1) is 17.6. The number of aromatic nitrogens is 3. The van der Waals surface area contributed by atoms with E-state index in [1.807, 2.05) is 19.1 Å². The first-order chi connectivity index (χ1) is 12.5. The molecule has 0 saturated carbocycles. The summed E-state index contributed by atoms with van der Waals surface area (Å²) in [4.78, 5) is 27.1. The Morgan fingerprint density at radius 1 is 1.27 bits per heavy atom. The number of halogens is 1. The average molecular weight is 372 g/mol. The number of nitro benzene ring substituents is 1. The number of nitrogens with zero attached hydrogens (tertiary/aromatic N) is 4. The fourth-order valence-electron chi connectivity index (χ4n) is 2.45. The van der Waals surface area contributed by atoms with Gasteiger partial charge in [-0.1, -0.05) is 23.7 Å². The molecular weight excluding hydrogens is 358 g/mol. The van der Waals surface area contributed by atoms with E-state index < -0.39 is 10.8 Å². The van der Waals surface area contributed by atoms with E-state index in [4.69, 9.17) is 11.6 Å². The number of nitro groups is 1. The summed E-state index contributed by atoms with van der Waals surface area (Å²) in [6.45, 7) is 1.82. The summed E-state index contributed by atoms with van der Waals surface area (Å²) in [6.07, 6.45) is 2.63. The van der Waals surface area contributed by atoms with Crippen molar-refractivity contribution in [2.45, 2.75) is 13.0 Å². The molecule has 132 valence electrons. The van der Waals surface area contributed by atoms with Crippen molar-refractivity contribution in [1.29, 1.82) is 0 Å². The molecule has 1 amide bonds. The van der Waals surface area contributed by atoms with Gasteiger partial charge in [-0.15, -0.1) is 0 Å². The van der Waals surface area contributed by atoms with Crippen molar-refractivity contribution in [2.75, 3.05) is 0 Å². The van der Waals surface area contributed by atoms with Gasteiger partial charge < -0.3 is 5.32 Å². The molecule has 3 rings (SSSR count). The first-order valence-corrected chi connectivity index (χ1v) is 8.03. The fraction of sp³-hybridized carbons (Fsp3) is 0.118. The molecule has 0 fully saturated rings. The monoisotopic (exact) mass is 371 g/mol. The second-order valence-corrected chi connectivity index (χ2v) is 5.98. The lowest BCUT2D eigenvalue weighted by atomic mass is 10.1. The molecule has 0 aliphatic heterocycles. The highest BCUT2D eigenvalue weighted by atomic mass is 35.5. The number of nitrogens with one attached hydrogen (secondary N) is 1. The molecule has 9 heteroatoms. The van der Waals surface area contributed by atoms with Gasteiger partial charge in [-0.25, -0.2) is 9.67 Å². The largest absolute Gasteiger partial charge is 0.346 e. The zero-order chi connectivity index (χ0) is 18.7. The third kappa shape index (κ3) is 3.70. The minimum absolute atomic E-state index is 0.182. The molecule has 1 unspecified atom stereocenters. The van der Waals surface area contributed by atoms with Gasteiger partial charge in [0.05, 0.1) is 11.0 Å². The molecule has 1 atom stereocenters. The molecule has 0 aliphatic rings. The summed E-state index contributed by atoms with van der Waals surface area (Å²) < 4.78 is 1.27. The molecule has 1 aromatic heterocycles. The molecule has 8 nitrogen and oxygen atoms in total. The zero-order valence-electron chi connectivity index (χ0n) is 13.7. The smallest absolute Gasteiger partial charge is 0.295 e. The summed E-state index contributed by atoms with van der Waals surface area (Å²) in [5, 5.41) is 18.7. The quantitative estimate of drug-likeness (QED) is 0.547. The molecule has 0 bridgehead atoms. The second-order valence-electron chi connectivity index (χ2n) is 5.55. The predicted octanol–water partition coefficient (Wildman–Crippen LogP) is 3.32. The van der Waals surface area contributed by atoms with E-state index in [0.29, 0.717) is 5.02 Å². The Bertz CT molecular complexity index is 942.